The van der Waals surface area contributed by atoms with E-state index in [1.807, 2.05) is 31.2 Å². The van der Waals surface area contributed by atoms with E-state index in [2.05, 4.69) is 21.7 Å². The molecule has 0 radical (unpaired) electrons. The Balaban J connectivity index is 1.68. The predicted molar refractivity (Wildman–Crippen MR) is 106 cm³/mol. The van der Waals surface area contributed by atoms with Gasteiger partial charge in [0.1, 0.15) is 0 Å². The summed E-state index contributed by atoms with van der Waals surface area (Å²) in [5.74, 6) is 0.708. The summed E-state index contributed by atoms with van der Waals surface area (Å²) in [7, 11) is 0. The monoisotopic (exact) mass is 371 g/mol. The lowest BCUT2D eigenvalue weighted by molar-refractivity contribution is 0.0740. The minimum Gasteiger partial charge on any atom is -0.337 e. The van der Waals surface area contributed by atoms with Crippen molar-refractivity contribution in [2.75, 3.05) is 26.2 Å². The third kappa shape index (κ3) is 3.33. The molecule has 4 heterocycles. The number of benzene rings is 1. The molecular formula is C21H26ClN3O. The molecule has 0 aliphatic carbocycles. The van der Waals surface area contributed by atoms with Crippen molar-refractivity contribution in [2.24, 2.45) is 5.92 Å². The van der Waals surface area contributed by atoms with Crippen LogP contribution in [0.5, 0.6) is 0 Å². The number of piperidine rings is 1. The normalized spacial score (nSPS) is 23.4. The smallest absolute Gasteiger partial charge is 0.254 e. The Morgan fingerprint density at radius 2 is 2.08 bits per heavy atom. The summed E-state index contributed by atoms with van der Waals surface area (Å²) in [6.07, 6.45) is 3.61. The molecule has 3 aliphatic heterocycles. The average Bonchev–Trinajstić information content (AvgIpc) is 2.93. The number of aromatic nitrogens is 1. The molecule has 0 saturated carbocycles. The van der Waals surface area contributed by atoms with E-state index < -0.39 is 0 Å². The van der Waals surface area contributed by atoms with Gasteiger partial charge < -0.3 is 4.90 Å². The Bertz CT molecular complexity index is 837. The summed E-state index contributed by atoms with van der Waals surface area (Å²) in [5, 5.41) is 1.50. The second-order valence-corrected chi connectivity index (χ2v) is 8.21. The van der Waals surface area contributed by atoms with Crippen LogP contribution in [-0.4, -0.2) is 52.9 Å². The number of pyridine rings is 1. The highest BCUT2D eigenvalue weighted by atomic mass is 35.5. The fourth-order valence-electron chi connectivity index (χ4n) is 4.58. The van der Waals surface area contributed by atoms with E-state index in [4.69, 9.17) is 11.6 Å². The van der Waals surface area contributed by atoms with Gasteiger partial charge in [-0.25, -0.2) is 0 Å². The number of carbonyl (C=O) groups excluding carboxylic acids is 1. The van der Waals surface area contributed by atoms with Gasteiger partial charge in [0, 0.05) is 41.8 Å². The first-order valence-corrected chi connectivity index (χ1v) is 10.0. The van der Waals surface area contributed by atoms with Crippen molar-refractivity contribution in [2.45, 2.75) is 39.2 Å². The molecular weight excluding hydrogens is 346 g/mol. The molecule has 0 spiro atoms. The van der Waals surface area contributed by atoms with E-state index in [9.17, 15) is 4.79 Å². The number of hydrogen-bond donors (Lipinski definition) is 0. The molecule has 3 fully saturated rings. The van der Waals surface area contributed by atoms with Gasteiger partial charge in [0.15, 0.2) is 0 Å². The SMILES string of the molecule is CCCN1C[C@H]2CC[C@@H]1CN(C(=O)c1cc(C)nc3ccc(Cl)cc13)C2. The first-order valence-electron chi connectivity index (χ1n) is 9.65. The molecule has 5 heteroatoms. The van der Waals surface area contributed by atoms with Crippen LogP contribution in [0.25, 0.3) is 10.9 Å². The van der Waals surface area contributed by atoms with Gasteiger partial charge in [-0.3, -0.25) is 14.7 Å². The third-order valence-corrected chi connectivity index (χ3v) is 5.99. The summed E-state index contributed by atoms with van der Waals surface area (Å²) in [6, 6.07) is 8.01. The number of aryl methyl sites for hydroxylation is 1. The third-order valence-electron chi connectivity index (χ3n) is 5.75. The van der Waals surface area contributed by atoms with Crippen molar-refractivity contribution < 1.29 is 4.79 Å². The molecule has 1 aromatic carbocycles. The first-order chi connectivity index (χ1) is 12.5. The van der Waals surface area contributed by atoms with Gasteiger partial charge in [0.05, 0.1) is 11.1 Å². The highest BCUT2D eigenvalue weighted by Crippen LogP contribution is 2.30. The Labute approximate surface area is 160 Å². The highest BCUT2D eigenvalue weighted by molar-refractivity contribution is 6.31. The molecule has 26 heavy (non-hydrogen) atoms. The number of rotatable bonds is 3. The number of hydrogen-bond acceptors (Lipinski definition) is 3. The van der Waals surface area contributed by atoms with Crippen LogP contribution < -0.4 is 0 Å². The van der Waals surface area contributed by atoms with Crippen LogP contribution in [0.2, 0.25) is 5.02 Å². The molecule has 1 amide bonds. The Morgan fingerprint density at radius 1 is 1.23 bits per heavy atom. The van der Waals surface area contributed by atoms with Gasteiger partial charge in [-0.05, 0) is 62.9 Å². The lowest BCUT2D eigenvalue weighted by Crippen LogP contribution is -2.44. The van der Waals surface area contributed by atoms with Gasteiger partial charge in [-0.2, -0.15) is 0 Å². The molecule has 0 unspecified atom stereocenters. The lowest BCUT2D eigenvalue weighted by atomic mass is 9.95. The second kappa shape index (κ2) is 7.16. The van der Waals surface area contributed by atoms with E-state index in [1.54, 1.807) is 0 Å². The van der Waals surface area contributed by atoms with Gasteiger partial charge in [0.25, 0.3) is 5.91 Å². The zero-order valence-corrected chi connectivity index (χ0v) is 16.3. The predicted octanol–water partition coefficient (Wildman–Crippen LogP) is 4.14. The van der Waals surface area contributed by atoms with Crippen molar-refractivity contribution in [3.63, 3.8) is 0 Å². The topological polar surface area (TPSA) is 36.4 Å². The van der Waals surface area contributed by atoms with Crippen LogP contribution in [0.4, 0.5) is 0 Å². The maximum Gasteiger partial charge on any atom is 0.254 e. The molecule has 0 N–H and O–H groups in total. The zero-order valence-electron chi connectivity index (χ0n) is 15.5. The van der Waals surface area contributed by atoms with Crippen molar-refractivity contribution in [1.82, 2.24) is 14.8 Å². The van der Waals surface area contributed by atoms with E-state index in [0.717, 1.165) is 48.3 Å². The van der Waals surface area contributed by atoms with E-state index >= 15 is 0 Å². The molecule has 3 saturated heterocycles. The van der Waals surface area contributed by atoms with Gasteiger partial charge in [-0.1, -0.05) is 18.5 Å². The minimum atomic E-state index is 0.123. The zero-order chi connectivity index (χ0) is 18.3. The Kier molecular flexibility index (Phi) is 4.89. The van der Waals surface area contributed by atoms with Crippen LogP contribution >= 0.6 is 11.6 Å². The van der Waals surface area contributed by atoms with E-state index in [-0.39, 0.29) is 5.91 Å². The molecule has 2 aromatic rings. The summed E-state index contributed by atoms with van der Waals surface area (Å²) in [5.41, 5.74) is 2.44. The summed E-state index contributed by atoms with van der Waals surface area (Å²) in [4.78, 5) is 22.7. The molecule has 1 aromatic heterocycles. The molecule has 2 atom stereocenters. The largest absolute Gasteiger partial charge is 0.337 e. The van der Waals surface area contributed by atoms with Gasteiger partial charge >= 0.3 is 0 Å². The summed E-state index contributed by atoms with van der Waals surface area (Å²) in [6.45, 7) is 8.13. The maximum absolute atomic E-state index is 13.4. The minimum absolute atomic E-state index is 0.123. The van der Waals surface area contributed by atoms with Crippen LogP contribution in [0.3, 0.4) is 0 Å². The van der Waals surface area contributed by atoms with Crippen molar-refractivity contribution >= 4 is 28.4 Å². The molecule has 138 valence electrons. The molecule has 2 bridgehead atoms. The summed E-state index contributed by atoms with van der Waals surface area (Å²) < 4.78 is 0. The van der Waals surface area contributed by atoms with E-state index in [0.29, 0.717) is 17.0 Å². The highest BCUT2D eigenvalue weighted by Gasteiger charge is 2.36. The first kappa shape index (κ1) is 17.7. The lowest BCUT2D eigenvalue weighted by Gasteiger charge is -2.35. The second-order valence-electron chi connectivity index (χ2n) is 7.77. The van der Waals surface area contributed by atoms with Gasteiger partial charge in [0.2, 0.25) is 0 Å². The van der Waals surface area contributed by atoms with Crippen LogP contribution in [0.15, 0.2) is 24.3 Å². The van der Waals surface area contributed by atoms with Gasteiger partial charge in [-0.15, -0.1) is 0 Å². The van der Waals surface area contributed by atoms with Crippen LogP contribution in [0, 0.1) is 12.8 Å². The maximum atomic E-state index is 13.4. The quantitative estimate of drug-likeness (QED) is 0.813. The van der Waals surface area contributed by atoms with E-state index in [1.165, 1.54) is 19.3 Å². The standard InChI is InChI=1S/C21H26ClN3O/c1-3-8-24-11-15-4-6-17(24)13-25(12-15)21(26)19-9-14(2)23-20-7-5-16(22)10-18(19)20/h5,7,9-10,15,17H,3-4,6,8,11-13H2,1-2H3/t15-,17-/m1/s1. The molecule has 5 rings (SSSR count). The van der Waals surface area contributed by atoms with Crippen molar-refractivity contribution in [1.29, 1.82) is 0 Å². The Hall–Kier alpha value is -1.65. The number of halogens is 1. The number of amides is 1. The van der Waals surface area contributed by atoms with Crippen molar-refractivity contribution in [3.8, 4) is 0 Å². The Morgan fingerprint density at radius 3 is 2.88 bits per heavy atom. The van der Waals surface area contributed by atoms with Crippen LogP contribution in [0.1, 0.15) is 42.2 Å². The number of nitrogens with zero attached hydrogens (tertiary/aromatic N) is 3. The molecule has 4 nitrogen and oxygen atoms in total. The summed E-state index contributed by atoms with van der Waals surface area (Å²) >= 11 is 6.20. The van der Waals surface area contributed by atoms with Crippen LogP contribution in [-0.2, 0) is 0 Å². The molecule has 3 aliphatic rings. The fourth-order valence-corrected chi connectivity index (χ4v) is 4.76. The van der Waals surface area contributed by atoms with Crippen molar-refractivity contribution in [3.05, 3.63) is 40.5 Å². The number of carbonyl (C=O) groups is 1. The fraction of sp³-hybridized carbons (Fsp3) is 0.524. The average molecular weight is 372 g/mol. The number of fused-ring (bicyclic) bond motifs is 5.